The van der Waals surface area contributed by atoms with Crippen LogP contribution in [0.5, 0.6) is 5.75 Å². The standard InChI is InChI=1S/C14H15ClN4O/c1-7-12(9-6-11(16)18-17-9)13-8(15)4-5-10(20-3)14(13)19(7)2/h4-6H,1-3H3,(H3,16,17,18). The first-order valence-corrected chi connectivity index (χ1v) is 6.55. The minimum Gasteiger partial charge on any atom is -0.495 e. The van der Waals surface area contributed by atoms with Gasteiger partial charge in [-0.15, -0.1) is 0 Å². The van der Waals surface area contributed by atoms with Gasteiger partial charge in [0.05, 0.1) is 23.3 Å². The van der Waals surface area contributed by atoms with Gasteiger partial charge in [-0.2, -0.15) is 5.10 Å². The summed E-state index contributed by atoms with van der Waals surface area (Å²) >= 11 is 6.40. The number of nitrogens with zero attached hydrogens (tertiary/aromatic N) is 2. The zero-order valence-electron chi connectivity index (χ0n) is 11.5. The Balaban J connectivity index is 2.46. The molecule has 104 valence electrons. The molecular weight excluding hydrogens is 276 g/mol. The van der Waals surface area contributed by atoms with Crippen LogP contribution in [-0.2, 0) is 7.05 Å². The van der Waals surface area contributed by atoms with E-state index in [1.54, 1.807) is 13.2 Å². The molecule has 0 fully saturated rings. The van der Waals surface area contributed by atoms with Crippen LogP contribution in [0.1, 0.15) is 5.69 Å². The molecule has 0 aliphatic carbocycles. The molecule has 0 saturated carbocycles. The van der Waals surface area contributed by atoms with Crippen molar-refractivity contribution >= 4 is 28.3 Å². The van der Waals surface area contributed by atoms with E-state index < -0.39 is 0 Å². The van der Waals surface area contributed by atoms with Gasteiger partial charge in [0.1, 0.15) is 11.6 Å². The molecule has 1 aromatic carbocycles. The normalized spacial score (nSPS) is 11.2. The van der Waals surface area contributed by atoms with Crippen molar-refractivity contribution in [3.63, 3.8) is 0 Å². The summed E-state index contributed by atoms with van der Waals surface area (Å²) in [5.74, 6) is 1.24. The molecule has 20 heavy (non-hydrogen) atoms. The number of aromatic nitrogens is 3. The maximum absolute atomic E-state index is 6.40. The Morgan fingerprint density at radius 1 is 1.40 bits per heavy atom. The molecule has 0 unspecified atom stereocenters. The summed E-state index contributed by atoms with van der Waals surface area (Å²) in [6.45, 7) is 2.03. The van der Waals surface area contributed by atoms with E-state index in [2.05, 4.69) is 14.8 Å². The fourth-order valence-electron chi connectivity index (χ4n) is 2.59. The summed E-state index contributed by atoms with van der Waals surface area (Å²) in [7, 11) is 3.64. The lowest BCUT2D eigenvalue weighted by atomic mass is 10.1. The molecule has 0 aliphatic rings. The molecule has 0 radical (unpaired) electrons. The number of hydrogen-bond acceptors (Lipinski definition) is 3. The number of nitrogen functional groups attached to an aromatic ring is 1. The Morgan fingerprint density at radius 2 is 2.15 bits per heavy atom. The zero-order valence-corrected chi connectivity index (χ0v) is 12.2. The Morgan fingerprint density at radius 3 is 2.75 bits per heavy atom. The maximum Gasteiger partial charge on any atom is 0.145 e. The first kappa shape index (κ1) is 12.9. The number of nitrogens with two attached hydrogens (primary N) is 1. The van der Waals surface area contributed by atoms with Gasteiger partial charge in [0.15, 0.2) is 0 Å². The molecule has 0 bridgehead atoms. The number of aryl methyl sites for hydroxylation is 1. The second-order valence-corrected chi connectivity index (χ2v) is 5.11. The minimum atomic E-state index is 0.454. The first-order chi connectivity index (χ1) is 9.54. The number of ether oxygens (including phenoxy) is 1. The Labute approximate surface area is 121 Å². The van der Waals surface area contributed by atoms with E-state index in [0.29, 0.717) is 10.8 Å². The van der Waals surface area contributed by atoms with Crippen LogP contribution in [0.3, 0.4) is 0 Å². The van der Waals surface area contributed by atoms with Crippen molar-refractivity contribution in [1.82, 2.24) is 14.8 Å². The number of halogens is 1. The van der Waals surface area contributed by atoms with Gasteiger partial charge in [0.25, 0.3) is 0 Å². The third-order valence-electron chi connectivity index (χ3n) is 3.63. The van der Waals surface area contributed by atoms with E-state index in [4.69, 9.17) is 22.1 Å². The van der Waals surface area contributed by atoms with Crippen LogP contribution < -0.4 is 10.5 Å². The summed E-state index contributed by atoms with van der Waals surface area (Å²) < 4.78 is 7.50. The van der Waals surface area contributed by atoms with Gasteiger partial charge in [0.2, 0.25) is 0 Å². The van der Waals surface area contributed by atoms with Crippen molar-refractivity contribution in [2.45, 2.75) is 6.92 Å². The van der Waals surface area contributed by atoms with Crippen molar-refractivity contribution in [2.24, 2.45) is 7.05 Å². The maximum atomic E-state index is 6.40. The fraction of sp³-hybridized carbons (Fsp3) is 0.214. The Hall–Kier alpha value is -2.14. The fourth-order valence-corrected chi connectivity index (χ4v) is 2.84. The van der Waals surface area contributed by atoms with Crippen molar-refractivity contribution in [3.05, 3.63) is 28.9 Å². The summed E-state index contributed by atoms with van der Waals surface area (Å²) in [4.78, 5) is 0. The molecule has 0 amide bonds. The molecule has 2 aromatic heterocycles. The molecule has 5 nitrogen and oxygen atoms in total. The van der Waals surface area contributed by atoms with Gasteiger partial charge in [0, 0.05) is 29.8 Å². The molecule has 6 heteroatoms. The number of aromatic amines is 1. The van der Waals surface area contributed by atoms with Gasteiger partial charge >= 0.3 is 0 Å². The monoisotopic (exact) mass is 290 g/mol. The summed E-state index contributed by atoms with van der Waals surface area (Å²) in [6, 6.07) is 5.51. The highest BCUT2D eigenvalue weighted by molar-refractivity contribution is 6.37. The van der Waals surface area contributed by atoms with Crippen LogP contribution in [-0.4, -0.2) is 21.9 Å². The van der Waals surface area contributed by atoms with Crippen molar-refractivity contribution in [1.29, 1.82) is 0 Å². The number of nitrogens with one attached hydrogen (secondary N) is 1. The summed E-state index contributed by atoms with van der Waals surface area (Å²) in [5, 5.41) is 8.55. The lowest BCUT2D eigenvalue weighted by Crippen LogP contribution is -1.93. The van der Waals surface area contributed by atoms with Crippen LogP contribution in [0, 0.1) is 6.92 Å². The van der Waals surface area contributed by atoms with Crippen LogP contribution in [0.2, 0.25) is 5.02 Å². The van der Waals surface area contributed by atoms with Crippen molar-refractivity contribution in [2.75, 3.05) is 12.8 Å². The number of benzene rings is 1. The van der Waals surface area contributed by atoms with Gasteiger partial charge in [-0.05, 0) is 19.1 Å². The smallest absolute Gasteiger partial charge is 0.145 e. The molecule has 3 N–H and O–H groups in total. The molecular formula is C14H15ClN4O. The van der Waals surface area contributed by atoms with Crippen molar-refractivity contribution < 1.29 is 4.74 Å². The number of hydrogen-bond donors (Lipinski definition) is 2. The molecule has 2 heterocycles. The first-order valence-electron chi connectivity index (χ1n) is 6.17. The van der Waals surface area contributed by atoms with Crippen molar-refractivity contribution in [3.8, 4) is 17.0 Å². The van der Waals surface area contributed by atoms with Gasteiger partial charge in [-0.1, -0.05) is 11.6 Å². The summed E-state index contributed by atoms with van der Waals surface area (Å²) in [5.41, 5.74) is 9.57. The third-order valence-corrected chi connectivity index (χ3v) is 3.94. The van der Waals surface area contributed by atoms with Crippen LogP contribution in [0.25, 0.3) is 22.2 Å². The SMILES string of the molecule is COc1ccc(Cl)c2c(-c3cc(N)n[nH]3)c(C)n(C)c12. The molecule has 0 aliphatic heterocycles. The number of methoxy groups -OCH3 is 1. The van der Waals surface area contributed by atoms with E-state index in [9.17, 15) is 0 Å². The number of rotatable bonds is 2. The van der Waals surface area contributed by atoms with Crippen LogP contribution in [0.15, 0.2) is 18.2 Å². The average molecular weight is 291 g/mol. The quantitative estimate of drug-likeness (QED) is 0.762. The van der Waals surface area contributed by atoms with Crippen LogP contribution >= 0.6 is 11.6 Å². The zero-order chi connectivity index (χ0) is 14.4. The Bertz CT molecular complexity index is 803. The molecule has 0 spiro atoms. The largest absolute Gasteiger partial charge is 0.495 e. The minimum absolute atomic E-state index is 0.454. The van der Waals surface area contributed by atoms with E-state index in [-0.39, 0.29) is 0 Å². The lowest BCUT2D eigenvalue weighted by Gasteiger charge is -2.06. The number of fused-ring (bicyclic) bond motifs is 1. The highest BCUT2D eigenvalue weighted by atomic mass is 35.5. The van der Waals surface area contributed by atoms with E-state index in [0.717, 1.165) is 33.6 Å². The summed E-state index contributed by atoms with van der Waals surface area (Å²) in [6.07, 6.45) is 0. The van der Waals surface area contributed by atoms with Crippen LogP contribution in [0.4, 0.5) is 5.82 Å². The van der Waals surface area contributed by atoms with Gasteiger partial charge in [-0.3, -0.25) is 5.10 Å². The molecule has 3 rings (SSSR count). The van der Waals surface area contributed by atoms with Gasteiger partial charge in [-0.25, -0.2) is 0 Å². The highest BCUT2D eigenvalue weighted by Crippen LogP contribution is 2.41. The lowest BCUT2D eigenvalue weighted by molar-refractivity contribution is 0.418. The Kier molecular flexibility index (Phi) is 2.87. The molecule has 0 atom stereocenters. The highest BCUT2D eigenvalue weighted by Gasteiger charge is 2.20. The number of H-pyrrole nitrogens is 1. The van der Waals surface area contributed by atoms with E-state index in [1.165, 1.54) is 0 Å². The topological polar surface area (TPSA) is 68.9 Å². The second-order valence-electron chi connectivity index (χ2n) is 4.70. The number of anilines is 1. The van der Waals surface area contributed by atoms with Gasteiger partial charge < -0.3 is 15.0 Å². The van der Waals surface area contributed by atoms with E-state index in [1.807, 2.05) is 26.1 Å². The predicted molar refractivity (Wildman–Crippen MR) is 81.2 cm³/mol. The predicted octanol–water partition coefficient (Wildman–Crippen LogP) is 3.12. The average Bonchev–Trinajstić information content (AvgIpc) is 2.95. The second kappa shape index (κ2) is 4.45. The van der Waals surface area contributed by atoms with E-state index >= 15 is 0 Å². The molecule has 3 aromatic rings. The molecule has 0 saturated heterocycles. The third kappa shape index (κ3) is 1.67.